The van der Waals surface area contributed by atoms with Crippen LogP contribution in [0.5, 0.6) is 11.5 Å². The fourth-order valence-corrected chi connectivity index (χ4v) is 1.75. The Hall–Kier alpha value is -1.42. The monoisotopic (exact) mass is 271 g/mol. The SMILES string of the molecule is CCC(CCl)NC(=O)c1cc(OC)cc(OC)c1. The topological polar surface area (TPSA) is 47.6 Å². The standard InChI is InChI=1S/C13H18ClNO3/c1-4-10(8-14)15-13(16)9-5-11(17-2)7-12(6-9)18-3/h5-7,10H,4,8H2,1-3H3,(H,15,16). The van der Waals surface area contributed by atoms with Crippen molar-refractivity contribution < 1.29 is 14.3 Å². The molecule has 0 radical (unpaired) electrons. The molecule has 100 valence electrons. The van der Waals surface area contributed by atoms with Gasteiger partial charge in [-0.25, -0.2) is 0 Å². The molecule has 1 amide bonds. The third kappa shape index (κ3) is 3.81. The lowest BCUT2D eigenvalue weighted by Crippen LogP contribution is -2.35. The number of rotatable bonds is 6. The molecular formula is C13H18ClNO3. The zero-order chi connectivity index (χ0) is 13.5. The minimum atomic E-state index is -0.181. The second kappa shape index (κ2) is 7.11. The number of amides is 1. The third-order valence-electron chi connectivity index (χ3n) is 2.63. The summed E-state index contributed by atoms with van der Waals surface area (Å²) in [6.45, 7) is 1.97. The molecule has 0 aliphatic carbocycles. The third-order valence-corrected chi connectivity index (χ3v) is 3.00. The van der Waals surface area contributed by atoms with Crippen molar-refractivity contribution in [1.82, 2.24) is 5.32 Å². The van der Waals surface area contributed by atoms with Crippen LogP contribution >= 0.6 is 11.6 Å². The smallest absolute Gasteiger partial charge is 0.251 e. The van der Waals surface area contributed by atoms with Gasteiger partial charge in [0.05, 0.1) is 14.2 Å². The first-order valence-electron chi connectivity index (χ1n) is 5.74. The van der Waals surface area contributed by atoms with Crippen molar-refractivity contribution in [1.29, 1.82) is 0 Å². The van der Waals surface area contributed by atoms with Crippen LogP contribution in [-0.2, 0) is 0 Å². The first-order chi connectivity index (χ1) is 8.64. The van der Waals surface area contributed by atoms with E-state index in [0.717, 1.165) is 6.42 Å². The minimum absolute atomic E-state index is 0.0311. The number of methoxy groups -OCH3 is 2. The molecule has 1 unspecified atom stereocenters. The van der Waals surface area contributed by atoms with Gasteiger partial charge in [0.1, 0.15) is 11.5 Å². The Morgan fingerprint density at radius 3 is 2.22 bits per heavy atom. The van der Waals surface area contributed by atoms with E-state index in [1.165, 1.54) is 0 Å². The summed E-state index contributed by atoms with van der Waals surface area (Å²) in [4.78, 5) is 12.0. The second-order valence-corrected chi connectivity index (χ2v) is 4.14. The fraction of sp³-hybridized carbons (Fsp3) is 0.462. The van der Waals surface area contributed by atoms with E-state index in [9.17, 15) is 4.79 Å². The molecule has 5 heteroatoms. The molecule has 0 fully saturated rings. The summed E-state index contributed by atoms with van der Waals surface area (Å²) in [6, 6.07) is 5.02. The van der Waals surface area contributed by atoms with Crippen LogP contribution in [0.4, 0.5) is 0 Å². The molecule has 4 nitrogen and oxygen atoms in total. The molecule has 1 aromatic rings. The van der Waals surface area contributed by atoms with Crippen molar-refractivity contribution in [2.75, 3.05) is 20.1 Å². The molecule has 0 heterocycles. The van der Waals surface area contributed by atoms with Crippen LogP contribution in [0.15, 0.2) is 18.2 Å². The molecule has 0 saturated carbocycles. The highest BCUT2D eigenvalue weighted by Crippen LogP contribution is 2.22. The number of ether oxygens (including phenoxy) is 2. The maximum Gasteiger partial charge on any atom is 0.251 e. The lowest BCUT2D eigenvalue weighted by atomic mass is 10.1. The Kier molecular flexibility index (Phi) is 5.78. The van der Waals surface area contributed by atoms with E-state index >= 15 is 0 Å². The maximum atomic E-state index is 12.0. The Labute approximate surface area is 112 Å². The van der Waals surface area contributed by atoms with E-state index in [-0.39, 0.29) is 11.9 Å². The van der Waals surface area contributed by atoms with Crippen molar-refractivity contribution >= 4 is 17.5 Å². The number of carbonyl (C=O) groups is 1. The fourth-order valence-electron chi connectivity index (χ4n) is 1.46. The number of hydrogen-bond donors (Lipinski definition) is 1. The number of carbonyl (C=O) groups excluding carboxylic acids is 1. The average Bonchev–Trinajstić information content (AvgIpc) is 2.43. The highest BCUT2D eigenvalue weighted by Gasteiger charge is 2.13. The van der Waals surface area contributed by atoms with Gasteiger partial charge < -0.3 is 14.8 Å². The van der Waals surface area contributed by atoms with Gasteiger partial charge >= 0.3 is 0 Å². The van der Waals surface area contributed by atoms with Crippen LogP contribution in [0.25, 0.3) is 0 Å². The summed E-state index contributed by atoms with van der Waals surface area (Å²) in [5.74, 6) is 1.38. The van der Waals surface area contributed by atoms with E-state index in [1.54, 1.807) is 32.4 Å². The summed E-state index contributed by atoms with van der Waals surface area (Å²) < 4.78 is 10.2. The Morgan fingerprint density at radius 1 is 1.28 bits per heavy atom. The summed E-state index contributed by atoms with van der Waals surface area (Å²) in [5, 5.41) is 2.85. The Bertz CT molecular complexity index is 383. The van der Waals surface area contributed by atoms with Crippen LogP contribution in [0.3, 0.4) is 0 Å². The van der Waals surface area contributed by atoms with E-state index in [0.29, 0.717) is 22.9 Å². The lowest BCUT2D eigenvalue weighted by molar-refractivity contribution is 0.0939. The number of nitrogens with one attached hydrogen (secondary N) is 1. The first-order valence-corrected chi connectivity index (χ1v) is 6.27. The van der Waals surface area contributed by atoms with Gasteiger partial charge in [0.25, 0.3) is 5.91 Å². The quantitative estimate of drug-likeness (QED) is 0.809. The molecule has 1 aromatic carbocycles. The zero-order valence-corrected chi connectivity index (χ0v) is 11.6. The molecule has 0 bridgehead atoms. The van der Waals surface area contributed by atoms with Gasteiger partial charge in [-0.3, -0.25) is 4.79 Å². The zero-order valence-electron chi connectivity index (χ0n) is 10.8. The molecule has 0 saturated heterocycles. The summed E-state index contributed by atoms with van der Waals surface area (Å²) in [6.07, 6.45) is 0.788. The number of hydrogen-bond acceptors (Lipinski definition) is 3. The van der Waals surface area contributed by atoms with Crippen LogP contribution < -0.4 is 14.8 Å². The van der Waals surface area contributed by atoms with E-state index < -0.39 is 0 Å². The summed E-state index contributed by atoms with van der Waals surface area (Å²) in [5.41, 5.74) is 0.495. The van der Waals surface area contributed by atoms with E-state index in [1.807, 2.05) is 6.92 Å². The van der Waals surface area contributed by atoms with Crippen molar-refractivity contribution in [3.8, 4) is 11.5 Å². The molecule has 0 aromatic heterocycles. The largest absolute Gasteiger partial charge is 0.497 e. The molecule has 1 N–H and O–H groups in total. The molecule has 1 atom stereocenters. The molecule has 18 heavy (non-hydrogen) atoms. The van der Waals surface area contributed by atoms with Gasteiger partial charge in [-0.2, -0.15) is 0 Å². The van der Waals surface area contributed by atoms with Crippen LogP contribution in [0.2, 0.25) is 0 Å². The summed E-state index contributed by atoms with van der Waals surface area (Å²) in [7, 11) is 3.09. The minimum Gasteiger partial charge on any atom is -0.497 e. The van der Waals surface area contributed by atoms with Gasteiger partial charge in [0.15, 0.2) is 0 Å². The van der Waals surface area contributed by atoms with Crippen molar-refractivity contribution in [2.45, 2.75) is 19.4 Å². The van der Waals surface area contributed by atoms with Gasteiger partial charge in [-0.15, -0.1) is 11.6 Å². The lowest BCUT2D eigenvalue weighted by Gasteiger charge is -2.14. The highest BCUT2D eigenvalue weighted by molar-refractivity contribution is 6.18. The van der Waals surface area contributed by atoms with Crippen molar-refractivity contribution in [3.05, 3.63) is 23.8 Å². The predicted octanol–water partition coefficient (Wildman–Crippen LogP) is 2.45. The van der Waals surface area contributed by atoms with Gasteiger partial charge in [0, 0.05) is 23.6 Å². The molecule has 1 rings (SSSR count). The van der Waals surface area contributed by atoms with Crippen molar-refractivity contribution in [3.63, 3.8) is 0 Å². The summed E-state index contributed by atoms with van der Waals surface area (Å²) >= 11 is 5.75. The maximum absolute atomic E-state index is 12.0. The number of benzene rings is 1. The van der Waals surface area contributed by atoms with Crippen molar-refractivity contribution in [2.24, 2.45) is 0 Å². The molecule has 0 aliphatic heterocycles. The highest BCUT2D eigenvalue weighted by atomic mass is 35.5. The molecule has 0 spiro atoms. The average molecular weight is 272 g/mol. The van der Waals surface area contributed by atoms with E-state index in [2.05, 4.69) is 5.32 Å². The second-order valence-electron chi connectivity index (χ2n) is 3.83. The molecular weight excluding hydrogens is 254 g/mol. The predicted molar refractivity (Wildman–Crippen MR) is 71.8 cm³/mol. The number of halogens is 1. The van der Waals surface area contributed by atoms with Gasteiger partial charge in [-0.05, 0) is 18.6 Å². The van der Waals surface area contributed by atoms with Crippen LogP contribution in [0, 0.1) is 0 Å². The Balaban J connectivity index is 2.90. The first kappa shape index (κ1) is 14.6. The Morgan fingerprint density at radius 2 is 1.83 bits per heavy atom. The van der Waals surface area contributed by atoms with Crippen LogP contribution in [0.1, 0.15) is 23.7 Å². The van der Waals surface area contributed by atoms with Gasteiger partial charge in [0.2, 0.25) is 0 Å². The molecule has 0 aliphatic rings. The normalized spacial score (nSPS) is 11.8. The van der Waals surface area contributed by atoms with E-state index in [4.69, 9.17) is 21.1 Å². The van der Waals surface area contributed by atoms with Crippen LogP contribution in [-0.4, -0.2) is 32.0 Å². The van der Waals surface area contributed by atoms with Gasteiger partial charge in [-0.1, -0.05) is 6.92 Å². The number of alkyl halides is 1.